The zero-order chi connectivity index (χ0) is 10.1. The van der Waals surface area contributed by atoms with Crippen LogP contribution in [0.4, 0.5) is 0 Å². The summed E-state index contributed by atoms with van der Waals surface area (Å²) in [5, 5.41) is 0. The number of hydrogen-bond donors (Lipinski definition) is 3. The smallest absolute Gasteiger partial charge is 0.0629 e. The summed E-state index contributed by atoms with van der Waals surface area (Å²) in [7, 11) is 0. The van der Waals surface area contributed by atoms with E-state index < -0.39 is 0 Å². The van der Waals surface area contributed by atoms with Crippen LogP contribution in [-0.2, 0) is 0 Å². The summed E-state index contributed by atoms with van der Waals surface area (Å²) in [5.41, 5.74) is 13.6. The van der Waals surface area contributed by atoms with E-state index in [1.807, 2.05) is 12.1 Å². The van der Waals surface area contributed by atoms with Crippen LogP contribution in [0.25, 0.3) is 0 Å². The monoisotopic (exact) mass is 255 g/mol. The third-order valence-electron chi connectivity index (χ3n) is 2.64. The topological polar surface area (TPSA) is 50.1 Å². The minimum Gasteiger partial charge on any atom is -0.325 e. The fourth-order valence-corrected chi connectivity index (χ4v) is 2.12. The van der Waals surface area contributed by atoms with Crippen molar-refractivity contribution in [1.29, 1.82) is 0 Å². The standard InChI is InChI=1S/C10H14BrN3/c1-6-9(12)10(14-13-6)7-3-2-4-8(11)5-7/h2-6,9-10,13-14H,12H2,1H3. The van der Waals surface area contributed by atoms with Crippen molar-refractivity contribution in [2.24, 2.45) is 5.73 Å². The summed E-state index contributed by atoms with van der Waals surface area (Å²) >= 11 is 3.46. The van der Waals surface area contributed by atoms with Gasteiger partial charge in [-0.1, -0.05) is 28.1 Å². The van der Waals surface area contributed by atoms with Crippen LogP contribution in [0.15, 0.2) is 28.7 Å². The van der Waals surface area contributed by atoms with Gasteiger partial charge >= 0.3 is 0 Å². The zero-order valence-corrected chi connectivity index (χ0v) is 9.58. The molecule has 1 heterocycles. The van der Waals surface area contributed by atoms with Crippen molar-refractivity contribution in [2.75, 3.05) is 0 Å². The van der Waals surface area contributed by atoms with Crippen LogP contribution in [0, 0.1) is 0 Å². The lowest BCUT2D eigenvalue weighted by Crippen LogP contribution is -2.35. The zero-order valence-electron chi connectivity index (χ0n) is 8.00. The Balaban J connectivity index is 2.23. The molecule has 0 aromatic heterocycles. The van der Waals surface area contributed by atoms with E-state index in [4.69, 9.17) is 5.73 Å². The Labute approximate surface area is 92.2 Å². The number of rotatable bonds is 1. The first-order valence-corrected chi connectivity index (χ1v) is 5.50. The first-order valence-electron chi connectivity index (χ1n) is 4.70. The normalized spacial score (nSPS) is 32.1. The lowest BCUT2D eigenvalue weighted by atomic mass is 9.98. The van der Waals surface area contributed by atoms with Gasteiger partial charge in [0.15, 0.2) is 0 Å². The first-order chi connectivity index (χ1) is 6.68. The first kappa shape index (κ1) is 10.1. The third kappa shape index (κ3) is 1.83. The van der Waals surface area contributed by atoms with Gasteiger partial charge in [0, 0.05) is 16.6 Å². The van der Waals surface area contributed by atoms with E-state index in [9.17, 15) is 0 Å². The predicted octanol–water partition coefficient (Wildman–Crippen LogP) is 1.31. The molecule has 76 valence electrons. The molecular formula is C10H14BrN3. The lowest BCUT2D eigenvalue weighted by molar-refractivity contribution is 0.550. The van der Waals surface area contributed by atoms with E-state index >= 15 is 0 Å². The molecule has 0 aliphatic carbocycles. The van der Waals surface area contributed by atoms with Gasteiger partial charge < -0.3 is 5.73 Å². The van der Waals surface area contributed by atoms with Gasteiger partial charge in [-0.05, 0) is 24.6 Å². The van der Waals surface area contributed by atoms with Crippen LogP contribution >= 0.6 is 15.9 Å². The van der Waals surface area contributed by atoms with Crippen molar-refractivity contribution >= 4 is 15.9 Å². The summed E-state index contributed by atoms with van der Waals surface area (Å²) in [5.74, 6) is 0. The minimum atomic E-state index is 0.115. The minimum absolute atomic E-state index is 0.115. The fraction of sp³-hybridized carbons (Fsp3) is 0.400. The Hall–Kier alpha value is -0.420. The van der Waals surface area contributed by atoms with E-state index in [1.165, 1.54) is 5.56 Å². The number of benzene rings is 1. The maximum absolute atomic E-state index is 6.06. The molecule has 2 rings (SSSR count). The van der Waals surface area contributed by atoms with Gasteiger partial charge in [0.05, 0.1) is 6.04 Å². The molecule has 0 spiro atoms. The Morgan fingerprint density at radius 1 is 1.36 bits per heavy atom. The highest BCUT2D eigenvalue weighted by atomic mass is 79.9. The molecule has 14 heavy (non-hydrogen) atoms. The molecule has 0 bridgehead atoms. The molecule has 3 atom stereocenters. The van der Waals surface area contributed by atoms with Gasteiger partial charge in [0.2, 0.25) is 0 Å². The highest BCUT2D eigenvalue weighted by Gasteiger charge is 2.30. The van der Waals surface area contributed by atoms with Crippen LogP contribution in [0.5, 0.6) is 0 Å². The lowest BCUT2D eigenvalue weighted by Gasteiger charge is -2.16. The highest BCUT2D eigenvalue weighted by molar-refractivity contribution is 9.10. The second-order valence-corrected chi connectivity index (χ2v) is 4.60. The largest absolute Gasteiger partial charge is 0.325 e. The SMILES string of the molecule is CC1NNC(c2cccc(Br)c2)C1N. The Morgan fingerprint density at radius 3 is 2.71 bits per heavy atom. The average Bonchev–Trinajstić information content (AvgIpc) is 2.48. The number of nitrogens with two attached hydrogens (primary N) is 1. The number of nitrogens with one attached hydrogen (secondary N) is 2. The molecule has 1 aromatic carbocycles. The molecule has 0 amide bonds. The van der Waals surface area contributed by atoms with Gasteiger partial charge in [-0.2, -0.15) is 0 Å². The molecule has 0 radical (unpaired) electrons. The summed E-state index contributed by atoms with van der Waals surface area (Å²) in [6, 6.07) is 8.84. The molecule has 4 heteroatoms. The molecule has 1 aliphatic heterocycles. The second-order valence-electron chi connectivity index (χ2n) is 3.69. The molecule has 4 N–H and O–H groups in total. The summed E-state index contributed by atoms with van der Waals surface area (Å²) in [6.07, 6.45) is 0. The van der Waals surface area contributed by atoms with Crippen molar-refractivity contribution in [1.82, 2.24) is 10.9 Å². The fourth-order valence-electron chi connectivity index (χ4n) is 1.71. The quantitative estimate of drug-likeness (QED) is 0.710. The maximum Gasteiger partial charge on any atom is 0.0629 e. The van der Waals surface area contributed by atoms with Crippen molar-refractivity contribution in [2.45, 2.75) is 25.0 Å². The molecule has 1 aromatic rings. The van der Waals surface area contributed by atoms with Crippen molar-refractivity contribution in [3.8, 4) is 0 Å². The van der Waals surface area contributed by atoms with Gasteiger partial charge in [0.1, 0.15) is 0 Å². The van der Waals surface area contributed by atoms with Gasteiger partial charge in [-0.15, -0.1) is 0 Å². The van der Waals surface area contributed by atoms with Crippen molar-refractivity contribution < 1.29 is 0 Å². The van der Waals surface area contributed by atoms with E-state index in [0.29, 0.717) is 6.04 Å². The molecule has 1 fully saturated rings. The predicted molar refractivity (Wildman–Crippen MR) is 60.6 cm³/mol. The number of halogens is 1. The average molecular weight is 256 g/mol. The molecule has 1 aliphatic rings. The highest BCUT2D eigenvalue weighted by Crippen LogP contribution is 2.23. The summed E-state index contributed by atoms with van der Waals surface area (Å²) in [4.78, 5) is 0. The van der Waals surface area contributed by atoms with Gasteiger partial charge in [-0.25, -0.2) is 5.43 Å². The van der Waals surface area contributed by atoms with E-state index in [1.54, 1.807) is 0 Å². The molecule has 0 saturated carbocycles. The van der Waals surface area contributed by atoms with Crippen LogP contribution in [0.2, 0.25) is 0 Å². The van der Waals surface area contributed by atoms with Crippen LogP contribution in [0.1, 0.15) is 18.5 Å². The van der Waals surface area contributed by atoms with Gasteiger partial charge in [0.25, 0.3) is 0 Å². The van der Waals surface area contributed by atoms with Crippen molar-refractivity contribution in [3.05, 3.63) is 34.3 Å². The van der Waals surface area contributed by atoms with E-state index in [-0.39, 0.29) is 12.1 Å². The summed E-state index contributed by atoms with van der Waals surface area (Å²) in [6.45, 7) is 2.08. The van der Waals surface area contributed by atoms with E-state index in [2.05, 4.69) is 45.8 Å². The summed E-state index contributed by atoms with van der Waals surface area (Å²) < 4.78 is 1.09. The molecular weight excluding hydrogens is 242 g/mol. The number of hydrazine groups is 1. The van der Waals surface area contributed by atoms with E-state index in [0.717, 1.165) is 4.47 Å². The van der Waals surface area contributed by atoms with Crippen LogP contribution in [0.3, 0.4) is 0 Å². The second kappa shape index (κ2) is 3.98. The third-order valence-corrected chi connectivity index (χ3v) is 3.13. The Morgan fingerprint density at radius 2 is 2.14 bits per heavy atom. The van der Waals surface area contributed by atoms with Crippen LogP contribution in [-0.4, -0.2) is 12.1 Å². The molecule has 1 saturated heterocycles. The van der Waals surface area contributed by atoms with Crippen molar-refractivity contribution in [3.63, 3.8) is 0 Å². The Kier molecular flexibility index (Phi) is 2.88. The van der Waals surface area contributed by atoms with Gasteiger partial charge in [-0.3, -0.25) is 5.43 Å². The Bertz CT molecular complexity index is 329. The molecule has 3 unspecified atom stereocenters. The molecule has 3 nitrogen and oxygen atoms in total. The van der Waals surface area contributed by atoms with Crippen LogP contribution < -0.4 is 16.6 Å². The maximum atomic E-state index is 6.06. The number of hydrogen-bond acceptors (Lipinski definition) is 3.